The van der Waals surface area contributed by atoms with Crippen LogP contribution in [0.2, 0.25) is 0 Å². The van der Waals surface area contributed by atoms with Crippen molar-refractivity contribution < 1.29 is 24.2 Å². The molecule has 0 bridgehead atoms. The van der Waals surface area contributed by atoms with E-state index >= 15 is 0 Å². The van der Waals surface area contributed by atoms with Crippen molar-refractivity contribution in [2.75, 3.05) is 26.3 Å². The van der Waals surface area contributed by atoms with Crippen LogP contribution in [0, 0.1) is 0 Å². The minimum atomic E-state index is -0.359. The van der Waals surface area contributed by atoms with Crippen LogP contribution in [0.15, 0.2) is 0 Å². The highest BCUT2D eigenvalue weighted by Crippen LogP contribution is 2.21. The highest BCUT2D eigenvalue weighted by Gasteiger charge is 2.36. The Labute approximate surface area is 100 Å². The third-order valence-electron chi connectivity index (χ3n) is 2.76. The van der Waals surface area contributed by atoms with Crippen molar-refractivity contribution in [1.29, 1.82) is 0 Å². The van der Waals surface area contributed by atoms with Gasteiger partial charge in [-0.2, -0.15) is 0 Å². The van der Waals surface area contributed by atoms with Gasteiger partial charge in [-0.25, -0.2) is 0 Å². The van der Waals surface area contributed by atoms with Gasteiger partial charge in [0.15, 0.2) is 0 Å². The van der Waals surface area contributed by atoms with Crippen molar-refractivity contribution in [2.45, 2.75) is 32.4 Å². The van der Waals surface area contributed by atoms with Gasteiger partial charge in [-0.1, -0.05) is 0 Å². The number of β-amino-alcohol motifs (C(OH)–C–C–N with tert-alkyl or cyclic N) is 1. The molecule has 2 atom stereocenters. The van der Waals surface area contributed by atoms with E-state index in [1.807, 2.05) is 4.90 Å². The lowest BCUT2D eigenvalue weighted by molar-refractivity contribution is -0.150. The van der Waals surface area contributed by atoms with Gasteiger partial charge in [-0.3, -0.25) is 14.5 Å². The molecule has 0 aromatic rings. The maximum Gasteiger partial charge on any atom is 0.302 e. The molecule has 0 amide bonds. The van der Waals surface area contributed by atoms with Gasteiger partial charge in [0, 0.05) is 26.9 Å². The number of hydrogen-bond donors (Lipinski definition) is 1. The number of carbonyl (C=O) groups excluding carboxylic acids is 2. The van der Waals surface area contributed by atoms with Crippen molar-refractivity contribution in [2.24, 2.45) is 0 Å². The lowest BCUT2D eigenvalue weighted by Gasteiger charge is -2.26. The molecule has 1 aliphatic rings. The van der Waals surface area contributed by atoms with Gasteiger partial charge < -0.3 is 14.6 Å². The third kappa shape index (κ3) is 4.32. The summed E-state index contributed by atoms with van der Waals surface area (Å²) in [6.45, 7) is 4.13. The Morgan fingerprint density at radius 2 is 2.06 bits per heavy atom. The van der Waals surface area contributed by atoms with E-state index in [1.165, 1.54) is 13.8 Å². The standard InChI is InChI=1S/C11H19NO5/c1-8(14)16-7-10-11(17-9(2)15)3-4-12(10)5-6-13/h10-11,13H,3-7H2,1-2H3/t10-,11-/m0/s1. The highest BCUT2D eigenvalue weighted by atomic mass is 16.6. The Balaban J connectivity index is 2.57. The molecule has 1 fully saturated rings. The van der Waals surface area contributed by atoms with E-state index < -0.39 is 0 Å². The molecular formula is C11H19NO5. The van der Waals surface area contributed by atoms with Gasteiger partial charge in [0.25, 0.3) is 0 Å². The first-order valence-corrected chi connectivity index (χ1v) is 5.70. The minimum absolute atomic E-state index is 0.0311. The van der Waals surface area contributed by atoms with E-state index in [4.69, 9.17) is 14.6 Å². The van der Waals surface area contributed by atoms with Crippen LogP contribution in [0.4, 0.5) is 0 Å². The van der Waals surface area contributed by atoms with Crippen LogP contribution in [-0.4, -0.2) is 60.4 Å². The molecule has 1 saturated heterocycles. The maximum atomic E-state index is 11.0. The predicted molar refractivity (Wildman–Crippen MR) is 59.3 cm³/mol. The van der Waals surface area contributed by atoms with E-state index in [-0.39, 0.29) is 37.3 Å². The molecule has 0 spiro atoms. The second-order valence-electron chi connectivity index (χ2n) is 4.07. The molecule has 1 rings (SSSR count). The number of hydrogen-bond acceptors (Lipinski definition) is 6. The van der Waals surface area contributed by atoms with E-state index in [9.17, 15) is 9.59 Å². The Hall–Kier alpha value is -1.14. The van der Waals surface area contributed by atoms with Gasteiger partial charge in [-0.15, -0.1) is 0 Å². The normalized spacial score (nSPS) is 24.6. The van der Waals surface area contributed by atoms with Gasteiger partial charge in [0.1, 0.15) is 12.7 Å². The smallest absolute Gasteiger partial charge is 0.302 e. The Morgan fingerprint density at radius 1 is 1.35 bits per heavy atom. The fourth-order valence-corrected chi connectivity index (χ4v) is 2.06. The molecule has 98 valence electrons. The molecule has 0 aromatic heterocycles. The maximum absolute atomic E-state index is 11.0. The summed E-state index contributed by atoms with van der Waals surface area (Å²) in [6.07, 6.45) is 0.435. The van der Waals surface area contributed by atoms with Crippen LogP contribution in [0.1, 0.15) is 20.3 Å². The molecule has 0 saturated carbocycles. The van der Waals surface area contributed by atoms with Crippen LogP contribution in [0.25, 0.3) is 0 Å². The van der Waals surface area contributed by atoms with Crippen molar-refractivity contribution in [3.8, 4) is 0 Å². The largest absolute Gasteiger partial charge is 0.464 e. The molecule has 1 N–H and O–H groups in total. The lowest BCUT2D eigenvalue weighted by atomic mass is 10.2. The molecule has 6 heteroatoms. The number of carbonyl (C=O) groups is 2. The average Bonchev–Trinajstić information content (AvgIpc) is 2.58. The molecule has 1 aliphatic heterocycles. The van der Waals surface area contributed by atoms with Crippen molar-refractivity contribution in [1.82, 2.24) is 4.90 Å². The first-order chi connectivity index (χ1) is 8.04. The number of rotatable bonds is 5. The van der Waals surface area contributed by atoms with Crippen molar-refractivity contribution in [3.63, 3.8) is 0 Å². The summed E-state index contributed by atoms with van der Waals surface area (Å²) in [5, 5.41) is 8.93. The quantitative estimate of drug-likeness (QED) is 0.661. The third-order valence-corrected chi connectivity index (χ3v) is 2.76. The number of aliphatic hydroxyl groups is 1. The van der Waals surface area contributed by atoms with Crippen LogP contribution in [0.5, 0.6) is 0 Å². The zero-order valence-corrected chi connectivity index (χ0v) is 10.2. The summed E-state index contributed by atoms with van der Waals surface area (Å²) < 4.78 is 10.1. The zero-order chi connectivity index (χ0) is 12.8. The Bertz CT molecular complexity index is 281. The molecule has 1 heterocycles. The Morgan fingerprint density at radius 3 is 2.59 bits per heavy atom. The predicted octanol–water partition coefficient (Wildman–Crippen LogP) is -0.452. The van der Waals surface area contributed by atoms with Crippen molar-refractivity contribution >= 4 is 11.9 Å². The molecule has 17 heavy (non-hydrogen) atoms. The van der Waals surface area contributed by atoms with E-state index in [2.05, 4.69) is 0 Å². The second kappa shape index (κ2) is 6.56. The molecule has 0 unspecified atom stereocenters. The fourth-order valence-electron chi connectivity index (χ4n) is 2.06. The van der Waals surface area contributed by atoms with Crippen LogP contribution >= 0.6 is 0 Å². The number of nitrogens with zero attached hydrogens (tertiary/aromatic N) is 1. The van der Waals surface area contributed by atoms with Crippen LogP contribution in [-0.2, 0) is 19.1 Å². The number of aliphatic hydroxyl groups excluding tert-OH is 1. The minimum Gasteiger partial charge on any atom is -0.464 e. The first-order valence-electron chi connectivity index (χ1n) is 5.70. The zero-order valence-electron chi connectivity index (χ0n) is 10.2. The summed E-state index contributed by atoms with van der Waals surface area (Å²) in [5.41, 5.74) is 0. The second-order valence-corrected chi connectivity index (χ2v) is 4.07. The van der Waals surface area contributed by atoms with Crippen molar-refractivity contribution in [3.05, 3.63) is 0 Å². The fraction of sp³-hybridized carbons (Fsp3) is 0.818. The average molecular weight is 245 g/mol. The molecule has 6 nitrogen and oxygen atoms in total. The summed E-state index contributed by atoms with van der Waals surface area (Å²) in [7, 11) is 0. The molecule has 0 aliphatic carbocycles. The van der Waals surface area contributed by atoms with E-state index in [1.54, 1.807) is 0 Å². The number of ether oxygens (including phenoxy) is 2. The summed E-state index contributed by atoms with van der Waals surface area (Å²) >= 11 is 0. The summed E-state index contributed by atoms with van der Waals surface area (Å²) in [4.78, 5) is 23.7. The first kappa shape index (κ1) is 13.9. The summed E-state index contributed by atoms with van der Waals surface area (Å²) in [5.74, 6) is -0.698. The SMILES string of the molecule is CC(=O)OC[C@H]1[C@@H](OC(C)=O)CCN1CCO. The summed E-state index contributed by atoms with van der Waals surface area (Å²) in [6, 6.07) is -0.157. The molecular weight excluding hydrogens is 226 g/mol. The number of esters is 2. The lowest BCUT2D eigenvalue weighted by Crippen LogP contribution is -2.42. The number of likely N-dealkylation sites (tertiary alicyclic amines) is 1. The van der Waals surface area contributed by atoms with Gasteiger partial charge in [-0.05, 0) is 6.42 Å². The van der Waals surface area contributed by atoms with Gasteiger partial charge in [0.2, 0.25) is 0 Å². The van der Waals surface area contributed by atoms with E-state index in [0.717, 1.165) is 6.54 Å². The van der Waals surface area contributed by atoms with Gasteiger partial charge >= 0.3 is 11.9 Å². The highest BCUT2D eigenvalue weighted by molar-refractivity contribution is 5.66. The van der Waals surface area contributed by atoms with Crippen LogP contribution in [0.3, 0.4) is 0 Å². The van der Waals surface area contributed by atoms with Gasteiger partial charge in [0.05, 0.1) is 12.6 Å². The molecule has 0 aromatic carbocycles. The topological polar surface area (TPSA) is 76.1 Å². The monoisotopic (exact) mass is 245 g/mol. The Kier molecular flexibility index (Phi) is 5.37. The van der Waals surface area contributed by atoms with Crippen LogP contribution < -0.4 is 0 Å². The van der Waals surface area contributed by atoms with E-state index in [0.29, 0.717) is 13.0 Å². The molecule has 0 radical (unpaired) electrons.